The molecule has 1 aliphatic rings. The van der Waals surface area contributed by atoms with E-state index in [-0.39, 0.29) is 0 Å². The van der Waals surface area contributed by atoms with Gasteiger partial charge in [-0.15, -0.1) is 0 Å². The Morgan fingerprint density at radius 2 is 2.12 bits per heavy atom. The number of aryl methyl sites for hydroxylation is 1. The van der Waals surface area contributed by atoms with E-state index in [1.54, 1.807) is 0 Å². The number of anilines is 1. The fourth-order valence-corrected chi connectivity index (χ4v) is 2.43. The Balaban J connectivity index is 1.86. The van der Waals surface area contributed by atoms with Gasteiger partial charge in [-0.2, -0.15) is 0 Å². The van der Waals surface area contributed by atoms with Crippen LogP contribution in [0.2, 0.25) is 0 Å². The first-order valence-electron chi connectivity index (χ1n) is 5.83. The first kappa shape index (κ1) is 12.2. The van der Waals surface area contributed by atoms with Gasteiger partial charge in [-0.1, -0.05) is 6.07 Å². The molecule has 2 nitrogen and oxygen atoms in total. The highest BCUT2D eigenvalue weighted by atomic mass is 127. The Labute approximate surface area is 111 Å². The number of hydrogen-bond acceptors (Lipinski definition) is 2. The maximum absolute atomic E-state index is 5.36. The van der Waals surface area contributed by atoms with Crippen LogP contribution in [0.3, 0.4) is 0 Å². The quantitative estimate of drug-likeness (QED) is 0.857. The van der Waals surface area contributed by atoms with Crippen molar-refractivity contribution in [1.82, 2.24) is 0 Å². The van der Waals surface area contributed by atoms with Gasteiger partial charge in [-0.25, -0.2) is 0 Å². The zero-order valence-electron chi connectivity index (χ0n) is 9.63. The Kier molecular flexibility index (Phi) is 4.46. The normalized spacial score (nSPS) is 17.4. The summed E-state index contributed by atoms with van der Waals surface area (Å²) in [7, 11) is 0. The molecule has 0 saturated carbocycles. The van der Waals surface area contributed by atoms with Crippen molar-refractivity contribution in [3.8, 4) is 0 Å². The third-order valence-electron chi connectivity index (χ3n) is 3.11. The molecule has 16 heavy (non-hydrogen) atoms. The molecule has 1 heterocycles. The number of hydrogen-bond donors (Lipinski definition) is 1. The summed E-state index contributed by atoms with van der Waals surface area (Å²) in [5.74, 6) is 0.771. The van der Waals surface area contributed by atoms with E-state index in [4.69, 9.17) is 4.74 Å². The predicted molar refractivity (Wildman–Crippen MR) is 75.9 cm³/mol. The van der Waals surface area contributed by atoms with Gasteiger partial charge in [-0.3, -0.25) is 0 Å². The summed E-state index contributed by atoms with van der Waals surface area (Å²) >= 11 is 2.38. The van der Waals surface area contributed by atoms with Gasteiger partial charge in [0.05, 0.1) is 0 Å². The van der Waals surface area contributed by atoms with Crippen molar-refractivity contribution in [2.24, 2.45) is 5.92 Å². The maximum Gasteiger partial charge on any atom is 0.0469 e. The Morgan fingerprint density at radius 3 is 2.81 bits per heavy atom. The average molecular weight is 331 g/mol. The van der Waals surface area contributed by atoms with E-state index in [9.17, 15) is 0 Å². The van der Waals surface area contributed by atoms with Crippen molar-refractivity contribution in [1.29, 1.82) is 0 Å². The molecule has 0 aromatic heterocycles. The van der Waals surface area contributed by atoms with Crippen LogP contribution in [-0.2, 0) is 4.74 Å². The number of halogens is 1. The maximum atomic E-state index is 5.36. The molecule has 0 aliphatic carbocycles. The van der Waals surface area contributed by atoms with Crippen molar-refractivity contribution < 1.29 is 4.74 Å². The third-order valence-corrected chi connectivity index (χ3v) is 4.27. The highest BCUT2D eigenvalue weighted by Crippen LogP contribution is 2.19. The lowest BCUT2D eigenvalue weighted by molar-refractivity contribution is 0.0699. The minimum atomic E-state index is 0.771. The fourth-order valence-electron chi connectivity index (χ4n) is 1.92. The second-order valence-electron chi connectivity index (χ2n) is 4.40. The molecule has 2 rings (SSSR count). The molecule has 1 saturated heterocycles. The molecule has 0 radical (unpaired) electrons. The van der Waals surface area contributed by atoms with E-state index in [0.29, 0.717) is 0 Å². The molecule has 1 aromatic rings. The Morgan fingerprint density at radius 1 is 1.38 bits per heavy atom. The number of nitrogens with one attached hydrogen (secondary N) is 1. The molecule has 88 valence electrons. The van der Waals surface area contributed by atoms with Crippen molar-refractivity contribution in [3.63, 3.8) is 0 Å². The standard InChI is InChI=1S/C13H18INO/c1-10-2-3-12(8-13(10)14)15-9-11-4-6-16-7-5-11/h2-3,8,11,15H,4-7,9H2,1H3. The topological polar surface area (TPSA) is 21.3 Å². The van der Waals surface area contributed by atoms with Crippen LogP contribution in [0.4, 0.5) is 5.69 Å². The van der Waals surface area contributed by atoms with E-state index in [1.807, 2.05) is 0 Å². The second-order valence-corrected chi connectivity index (χ2v) is 5.56. The first-order valence-corrected chi connectivity index (χ1v) is 6.91. The van der Waals surface area contributed by atoms with Crippen LogP contribution < -0.4 is 5.32 Å². The molecular weight excluding hydrogens is 313 g/mol. The van der Waals surface area contributed by atoms with Crippen LogP contribution in [-0.4, -0.2) is 19.8 Å². The van der Waals surface area contributed by atoms with E-state index >= 15 is 0 Å². The monoisotopic (exact) mass is 331 g/mol. The molecule has 1 aromatic carbocycles. The fraction of sp³-hybridized carbons (Fsp3) is 0.538. The van der Waals surface area contributed by atoms with E-state index in [2.05, 4.69) is 53.0 Å². The summed E-state index contributed by atoms with van der Waals surface area (Å²) in [6.45, 7) is 5.07. The van der Waals surface area contributed by atoms with Crippen LogP contribution in [0, 0.1) is 16.4 Å². The lowest BCUT2D eigenvalue weighted by Crippen LogP contribution is -2.22. The van der Waals surface area contributed by atoms with Gasteiger partial charge in [0, 0.05) is 29.0 Å². The molecular formula is C13H18INO. The van der Waals surface area contributed by atoms with E-state index in [0.717, 1.165) is 25.7 Å². The number of rotatable bonds is 3. The van der Waals surface area contributed by atoms with Gasteiger partial charge in [0.2, 0.25) is 0 Å². The molecule has 3 heteroatoms. The van der Waals surface area contributed by atoms with Gasteiger partial charge in [-0.05, 0) is 66.0 Å². The molecule has 0 bridgehead atoms. The van der Waals surface area contributed by atoms with Crippen molar-refractivity contribution >= 4 is 28.3 Å². The molecule has 1 N–H and O–H groups in total. The van der Waals surface area contributed by atoms with Crippen LogP contribution >= 0.6 is 22.6 Å². The van der Waals surface area contributed by atoms with Crippen molar-refractivity contribution in [3.05, 3.63) is 27.3 Å². The highest BCUT2D eigenvalue weighted by Gasteiger charge is 2.13. The van der Waals surface area contributed by atoms with Crippen molar-refractivity contribution in [2.75, 3.05) is 25.1 Å². The number of ether oxygens (including phenoxy) is 1. The summed E-state index contributed by atoms with van der Waals surface area (Å²) in [5, 5.41) is 3.52. The van der Waals surface area contributed by atoms with Crippen LogP contribution in [0.25, 0.3) is 0 Å². The SMILES string of the molecule is Cc1ccc(NCC2CCOCC2)cc1I. The smallest absolute Gasteiger partial charge is 0.0469 e. The second kappa shape index (κ2) is 5.87. The minimum Gasteiger partial charge on any atom is -0.385 e. The van der Waals surface area contributed by atoms with Gasteiger partial charge in [0.1, 0.15) is 0 Å². The van der Waals surface area contributed by atoms with Crippen LogP contribution in [0.5, 0.6) is 0 Å². The highest BCUT2D eigenvalue weighted by molar-refractivity contribution is 14.1. The summed E-state index contributed by atoms with van der Waals surface area (Å²) in [6, 6.07) is 6.56. The van der Waals surface area contributed by atoms with Crippen LogP contribution in [0.1, 0.15) is 18.4 Å². The predicted octanol–water partition coefficient (Wildman–Crippen LogP) is 3.44. The van der Waals surface area contributed by atoms with Crippen molar-refractivity contribution in [2.45, 2.75) is 19.8 Å². The van der Waals surface area contributed by atoms with E-state index < -0.39 is 0 Å². The van der Waals surface area contributed by atoms with E-state index in [1.165, 1.54) is 27.7 Å². The molecule has 0 unspecified atom stereocenters. The lowest BCUT2D eigenvalue weighted by atomic mass is 10.0. The third kappa shape index (κ3) is 3.35. The Hall–Kier alpha value is -0.290. The zero-order chi connectivity index (χ0) is 11.4. The van der Waals surface area contributed by atoms with Crippen LogP contribution in [0.15, 0.2) is 18.2 Å². The first-order chi connectivity index (χ1) is 7.75. The lowest BCUT2D eigenvalue weighted by Gasteiger charge is -2.22. The molecule has 0 amide bonds. The summed E-state index contributed by atoms with van der Waals surface area (Å²) in [5.41, 5.74) is 2.58. The molecule has 0 atom stereocenters. The molecule has 0 spiro atoms. The van der Waals surface area contributed by atoms with Gasteiger partial charge in [0.25, 0.3) is 0 Å². The average Bonchev–Trinajstić information content (AvgIpc) is 2.32. The minimum absolute atomic E-state index is 0.771. The molecule has 1 aliphatic heterocycles. The van der Waals surface area contributed by atoms with Gasteiger partial charge < -0.3 is 10.1 Å². The summed E-state index contributed by atoms with van der Waals surface area (Å²) < 4.78 is 6.69. The summed E-state index contributed by atoms with van der Waals surface area (Å²) in [6.07, 6.45) is 2.38. The molecule has 1 fully saturated rings. The van der Waals surface area contributed by atoms with Gasteiger partial charge >= 0.3 is 0 Å². The number of benzene rings is 1. The largest absolute Gasteiger partial charge is 0.385 e. The summed E-state index contributed by atoms with van der Waals surface area (Å²) in [4.78, 5) is 0. The van der Waals surface area contributed by atoms with Gasteiger partial charge in [0.15, 0.2) is 0 Å². The Bertz CT molecular complexity index is 348. The zero-order valence-corrected chi connectivity index (χ0v) is 11.8.